The molecule has 0 fully saturated rings. The zero-order valence-electron chi connectivity index (χ0n) is 13.8. The van der Waals surface area contributed by atoms with Crippen LogP contribution in [-0.2, 0) is 23.9 Å². The largest absolute Gasteiger partial charge is 0.362 e. The molecule has 0 aromatic heterocycles. The van der Waals surface area contributed by atoms with Crippen LogP contribution < -0.4 is 4.90 Å². The van der Waals surface area contributed by atoms with Gasteiger partial charge in [0, 0.05) is 11.9 Å². The second kappa shape index (κ2) is 6.31. The van der Waals surface area contributed by atoms with Crippen LogP contribution in [0.3, 0.4) is 0 Å². The van der Waals surface area contributed by atoms with Crippen molar-refractivity contribution in [3.63, 3.8) is 0 Å². The van der Waals surface area contributed by atoms with Crippen molar-refractivity contribution in [2.45, 2.75) is 33.9 Å². The van der Waals surface area contributed by atoms with Gasteiger partial charge < -0.3 is 4.90 Å². The third kappa shape index (κ3) is 3.55. The molecule has 0 N–H and O–H groups in total. The Morgan fingerprint density at radius 1 is 0.960 bits per heavy atom. The molecule has 0 spiro atoms. The lowest BCUT2D eigenvalue weighted by molar-refractivity contribution is 0.461. The van der Waals surface area contributed by atoms with Crippen molar-refractivity contribution in [1.82, 2.24) is 0 Å². The topological polar surface area (TPSA) is 80.8 Å². The van der Waals surface area contributed by atoms with Crippen molar-refractivity contribution >= 4 is 37.7 Å². The van der Waals surface area contributed by atoms with E-state index < -0.39 is 20.2 Å². The fraction of sp³-hybridized carbons (Fsp3) is 0.250. The minimum atomic E-state index is -4.45. The van der Waals surface area contributed by atoms with Gasteiger partial charge in [-0.2, -0.15) is 16.8 Å². The van der Waals surface area contributed by atoms with E-state index in [-0.39, 0.29) is 15.2 Å². The third-order valence-electron chi connectivity index (χ3n) is 3.93. The Bertz CT molecular complexity index is 1010. The first-order valence-corrected chi connectivity index (χ1v) is 11.1. The van der Waals surface area contributed by atoms with Gasteiger partial charge in [0.05, 0.1) is 20.9 Å². The minimum Gasteiger partial charge on any atom is -0.362 e. The van der Waals surface area contributed by atoms with Gasteiger partial charge in [-0.05, 0) is 44.2 Å². The number of rotatable bonds is 4. The highest BCUT2D eigenvalue weighted by atomic mass is 32.3. The van der Waals surface area contributed by atoms with Gasteiger partial charge in [-0.1, -0.05) is 29.5 Å². The summed E-state index contributed by atoms with van der Waals surface area (Å²) in [6, 6.07) is 10.2. The molecular weight excluding hydrogens is 382 g/mol. The second-order valence-electron chi connectivity index (χ2n) is 5.75. The Morgan fingerprint density at radius 3 is 2.16 bits per heavy atom. The van der Waals surface area contributed by atoms with E-state index in [1.54, 1.807) is 25.1 Å². The molecule has 2 aromatic rings. The maximum atomic E-state index is 12.4. The summed E-state index contributed by atoms with van der Waals surface area (Å²) >= 11 is 1.50. The lowest BCUT2D eigenvalue weighted by atomic mass is 10.2. The monoisotopic (exact) mass is 399 g/mol. The molecule has 1 unspecified atom stereocenters. The lowest BCUT2D eigenvalue weighted by Gasteiger charge is -2.16. The average Bonchev–Trinajstić information content (AvgIpc) is 2.81. The summed E-state index contributed by atoms with van der Waals surface area (Å²) in [6.45, 7) is 3.80. The summed E-state index contributed by atoms with van der Waals surface area (Å²) in [5, 5.41) is 0.171. The fourth-order valence-corrected chi connectivity index (χ4v) is 6.18. The Balaban J connectivity index is 1.93. The van der Waals surface area contributed by atoms with Crippen molar-refractivity contribution in [3.8, 4) is 0 Å². The molecule has 0 saturated heterocycles. The molecule has 1 atom stereocenters. The smallest absolute Gasteiger partial charge is 0.311 e. The standard InChI is InChI=1S/C16H17NO5S3/c1-11-4-6-13(7-5-11)24(18,19)22-25(20,21)14-8-9-15-16(10-14)23-12(2)17(15)3/h4-10,12H,1-3H3. The first-order valence-electron chi connectivity index (χ1n) is 7.41. The molecule has 1 aliphatic rings. The molecule has 9 heteroatoms. The third-order valence-corrected chi connectivity index (χ3v) is 8.28. The first-order chi connectivity index (χ1) is 11.6. The van der Waals surface area contributed by atoms with Gasteiger partial charge in [0.1, 0.15) is 0 Å². The molecule has 0 amide bonds. The zero-order chi connectivity index (χ0) is 18.4. The van der Waals surface area contributed by atoms with Gasteiger partial charge >= 0.3 is 20.2 Å². The summed E-state index contributed by atoms with van der Waals surface area (Å²) in [4.78, 5) is 2.40. The molecule has 2 aromatic carbocycles. The average molecular weight is 400 g/mol. The highest BCUT2D eigenvalue weighted by molar-refractivity contribution is 8.01. The molecule has 25 heavy (non-hydrogen) atoms. The Hall–Kier alpha value is -1.55. The van der Waals surface area contributed by atoms with Crippen molar-refractivity contribution in [1.29, 1.82) is 0 Å². The van der Waals surface area contributed by atoms with Gasteiger partial charge in [-0.25, -0.2) is 0 Å². The molecule has 0 aliphatic carbocycles. The van der Waals surface area contributed by atoms with Crippen LogP contribution >= 0.6 is 11.8 Å². The van der Waals surface area contributed by atoms with Gasteiger partial charge in [-0.15, -0.1) is 3.63 Å². The van der Waals surface area contributed by atoms with E-state index in [0.29, 0.717) is 0 Å². The van der Waals surface area contributed by atoms with Crippen molar-refractivity contribution in [2.75, 3.05) is 11.9 Å². The molecule has 3 rings (SSSR count). The number of fused-ring (bicyclic) bond motifs is 1. The predicted molar refractivity (Wildman–Crippen MR) is 96.8 cm³/mol. The molecule has 134 valence electrons. The maximum absolute atomic E-state index is 12.4. The van der Waals surface area contributed by atoms with Crippen molar-refractivity contribution < 1.29 is 20.5 Å². The summed E-state index contributed by atoms with van der Waals surface area (Å²) in [7, 11) is -6.96. The number of aryl methyl sites for hydroxylation is 1. The number of nitrogens with zero attached hydrogens (tertiary/aromatic N) is 1. The van der Waals surface area contributed by atoms with Crippen LogP contribution in [0.5, 0.6) is 0 Å². The zero-order valence-corrected chi connectivity index (χ0v) is 16.3. The summed E-state index contributed by atoms with van der Waals surface area (Å²) in [5.74, 6) is 0. The lowest BCUT2D eigenvalue weighted by Crippen LogP contribution is -2.20. The number of benzene rings is 2. The van der Waals surface area contributed by atoms with Crippen LogP contribution in [-0.4, -0.2) is 29.3 Å². The van der Waals surface area contributed by atoms with E-state index in [0.717, 1.165) is 16.1 Å². The molecule has 1 heterocycles. The second-order valence-corrected chi connectivity index (χ2v) is 10.4. The van der Waals surface area contributed by atoms with Crippen molar-refractivity contribution in [2.24, 2.45) is 0 Å². The highest BCUT2D eigenvalue weighted by Gasteiger charge is 2.30. The van der Waals surface area contributed by atoms with E-state index in [9.17, 15) is 16.8 Å². The van der Waals surface area contributed by atoms with E-state index in [2.05, 4.69) is 3.63 Å². The van der Waals surface area contributed by atoms with Gasteiger partial charge in [0.2, 0.25) is 0 Å². The van der Waals surface area contributed by atoms with Crippen LogP contribution in [0.4, 0.5) is 5.69 Å². The van der Waals surface area contributed by atoms with Crippen LogP contribution in [0.15, 0.2) is 57.2 Å². The molecule has 6 nitrogen and oxygen atoms in total. The molecule has 0 radical (unpaired) electrons. The number of hydrogen-bond acceptors (Lipinski definition) is 7. The predicted octanol–water partition coefficient (Wildman–Crippen LogP) is 2.98. The fourth-order valence-electron chi connectivity index (χ4n) is 2.40. The molecule has 1 aliphatic heterocycles. The Labute approximate surface area is 152 Å². The van der Waals surface area contributed by atoms with Crippen LogP contribution in [0.25, 0.3) is 0 Å². The summed E-state index contributed by atoms with van der Waals surface area (Å²) in [5.41, 5.74) is 1.76. The van der Waals surface area contributed by atoms with E-state index >= 15 is 0 Å². The van der Waals surface area contributed by atoms with Crippen LogP contribution in [0.1, 0.15) is 12.5 Å². The Kier molecular flexibility index (Phi) is 4.61. The van der Waals surface area contributed by atoms with Crippen LogP contribution in [0.2, 0.25) is 0 Å². The summed E-state index contributed by atoms with van der Waals surface area (Å²) < 4.78 is 53.9. The minimum absolute atomic E-state index is 0.171. The SMILES string of the molecule is Cc1ccc(S(=O)(=O)OS(=O)(=O)c2ccc3c(c2)SC(C)N3C)cc1. The normalized spacial score (nSPS) is 17.6. The molecule has 0 bridgehead atoms. The number of hydrogen-bond donors (Lipinski definition) is 0. The number of anilines is 1. The van der Waals surface area contributed by atoms with Gasteiger partial charge in [0.25, 0.3) is 0 Å². The van der Waals surface area contributed by atoms with E-state index in [1.807, 2.05) is 18.9 Å². The molecule has 0 saturated carbocycles. The van der Waals surface area contributed by atoms with Gasteiger partial charge in [0.15, 0.2) is 0 Å². The van der Waals surface area contributed by atoms with Crippen molar-refractivity contribution in [3.05, 3.63) is 48.0 Å². The van der Waals surface area contributed by atoms with E-state index in [1.165, 1.54) is 36.0 Å². The number of thioether (sulfide) groups is 1. The first kappa shape index (κ1) is 18.2. The van der Waals surface area contributed by atoms with Crippen LogP contribution in [0, 0.1) is 6.92 Å². The summed E-state index contributed by atoms with van der Waals surface area (Å²) in [6.07, 6.45) is 0. The maximum Gasteiger partial charge on any atom is 0.311 e. The Morgan fingerprint density at radius 2 is 1.52 bits per heavy atom. The molecular formula is C16H17NO5S3. The highest BCUT2D eigenvalue weighted by Crippen LogP contribution is 2.43. The van der Waals surface area contributed by atoms with Gasteiger partial charge in [-0.3, -0.25) is 0 Å². The quantitative estimate of drug-likeness (QED) is 0.782. The van der Waals surface area contributed by atoms with E-state index in [4.69, 9.17) is 0 Å².